The Kier molecular flexibility index (Phi) is 6.24. The van der Waals surface area contributed by atoms with Crippen molar-refractivity contribution in [1.82, 2.24) is 0 Å². The zero-order valence-electron chi connectivity index (χ0n) is 16.1. The van der Waals surface area contributed by atoms with Gasteiger partial charge in [0, 0.05) is 16.9 Å². The van der Waals surface area contributed by atoms with Gasteiger partial charge in [-0.3, -0.25) is 9.59 Å². The molecule has 0 spiro atoms. The van der Waals surface area contributed by atoms with E-state index < -0.39 is 6.10 Å². The van der Waals surface area contributed by atoms with Crippen LogP contribution in [-0.2, 0) is 4.79 Å². The Morgan fingerprint density at radius 3 is 2.00 bits per heavy atom. The Bertz CT molecular complexity index is 984. The first-order chi connectivity index (χ1) is 13.9. The highest BCUT2D eigenvalue weighted by molar-refractivity contribution is 6.04. The van der Waals surface area contributed by atoms with Crippen molar-refractivity contribution in [3.8, 4) is 5.75 Å². The number of rotatable bonds is 6. The van der Waals surface area contributed by atoms with Gasteiger partial charge >= 0.3 is 0 Å². The molecule has 5 nitrogen and oxygen atoms in total. The number of benzene rings is 3. The molecule has 148 valence electrons. The molecule has 0 saturated heterocycles. The van der Waals surface area contributed by atoms with E-state index in [1.807, 2.05) is 31.2 Å². The topological polar surface area (TPSA) is 67.4 Å². The highest BCUT2D eigenvalue weighted by atomic mass is 19.1. The molecule has 0 aliphatic heterocycles. The third kappa shape index (κ3) is 5.65. The number of carbonyl (C=O) groups is 2. The summed E-state index contributed by atoms with van der Waals surface area (Å²) in [5.74, 6) is -0.516. The number of nitrogens with one attached hydrogen (secondary N) is 2. The summed E-state index contributed by atoms with van der Waals surface area (Å²) in [7, 11) is 0. The predicted octanol–water partition coefficient (Wildman–Crippen LogP) is 4.79. The lowest BCUT2D eigenvalue weighted by atomic mass is 10.2. The van der Waals surface area contributed by atoms with Crippen molar-refractivity contribution in [2.75, 3.05) is 10.6 Å². The molecular formula is C23H21FN2O3. The van der Waals surface area contributed by atoms with E-state index in [2.05, 4.69) is 10.6 Å². The maximum atomic E-state index is 12.9. The van der Waals surface area contributed by atoms with E-state index in [9.17, 15) is 14.0 Å². The van der Waals surface area contributed by atoms with E-state index in [4.69, 9.17) is 4.74 Å². The normalized spacial score (nSPS) is 11.4. The van der Waals surface area contributed by atoms with E-state index in [0.29, 0.717) is 22.7 Å². The van der Waals surface area contributed by atoms with Gasteiger partial charge in [0.05, 0.1) is 0 Å². The molecule has 0 aromatic heterocycles. The molecule has 0 fully saturated rings. The Balaban J connectivity index is 1.56. The first-order valence-electron chi connectivity index (χ1n) is 9.12. The van der Waals surface area contributed by atoms with Crippen molar-refractivity contribution < 1.29 is 18.7 Å². The molecule has 0 radical (unpaired) electrons. The molecule has 0 unspecified atom stereocenters. The van der Waals surface area contributed by atoms with Gasteiger partial charge in [-0.2, -0.15) is 0 Å². The van der Waals surface area contributed by atoms with Crippen LogP contribution in [0, 0.1) is 12.7 Å². The maximum Gasteiger partial charge on any atom is 0.265 e. The highest BCUT2D eigenvalue weighted by Crippen LogP contribution is 2.17. The van der Waals surface area contributed by atoms with E-state index in [-0.39, 0.29) is 17.6 Å². The zero-order valence-corrected chi connectivity index (χ0v) is 16.1. The summed E-state index contributed by atoms with van der Waals surface area (Å²) in [6, 6.07) is 19.5. The summed E-state index contributed by atoms with van der Waals surface area (Å²) in [4.78, 5) is 24.5. The second kappa shape index (κ2) is 9.01. The average molecular weight is 392 g/mol. The number of ether oxygens (including phenoxy) is 1. The maximum absolute atomic E-state index is 12.9. The van der Waals surface area contributed by atoms with Gasteiger partial charge in [0.15, 0.2) is 6.10 Å². The molecule has 3 rings (SSSR count). The zero-order chi connectivity index (χ0) is 20.8. The molecule has 0 saturated carbocycles. The van der Waals surface area contributed by atoms with Crippen LogP contribution in [0.3, 0.4) is 0 Å². The standard InChI is InChI=1S/C23H21FN2O3/c1-15-3-9-19(10-4-15)26-23(28)17-5-13-21(14-6-17)29-16(2)22(27)25-20-11-7-18(24)8-12-20/h3-14,16H,1-2H3,(H,25,27)(H,26,28)/t16-/m0/s1. The van der Waals surface area contributed by atoms with Crippen LogP contribution in [0.1, 0.15) is 22.8 Å². The fourth-order valence-electron chi connectivity index (χ4n) is 2.56. The SMILES string of the molecule is Cc1ccc(NC(=O)c2ccc(O[C@@H](C)C(=O)Nc3ccc(F)cc3)cc2)cc1. The van der Waals surface area contributed by atoms with E-state index in [1.165, 1.54) is 24.3 Å². The third-order valence-corrected chi connectivity index (χ3v) is 4.22. The number of carbonyl (C=O) groups excluding carboxylic acids is 2. The summed E-state index contributed by atoms with van der Waals surface area (Å²) in [6.07, 6.45) is -0.771. The van der Waals surface area contributed by atoms with Crippen LogP contribution >= 0.6 is 0 Å². The van der Waals surface area contributed by atoms with Gasteiger partial charge in [-0.25, -0.2) is 4.39 Å². The van der Waals surface area contributed by atoms with Gasteiger partial charge in [0.25, 0.3) is 11.8 Å². The molecule has 2 N–H and O–H groups in total. The monoisotopic (exact) mass is 392 g/mol. The number of halogens is 1. The first kappa shape index (κ1) is 20.1. The average Bonchev–Trinajstić information content (AvgIpc) is 2.72. The van der Waals surface area contributed by atoms with Gasteiger partial charge in [-0.05, 0) is 74.5 Å². The molecule has 0 aliphatic carbocycles. The molecule has 3 aromatic rings. The van der Waals surface area contributed by atoms with E-state index in [0.717, 1.165) is 5.56 Å². The van der Waals surface area contributed by atoms with Gasteiger partial charge in [0.1, 0.15) is 11.6 Å². The Morgan fingerprint density at radius 2 is 1.38 bits per heavy atom. The molecular weight excluding hydrogens is 371 g/mol. The summed E-state index contributed by atoms with van der Waals surface area (Å²) < 4.78 is 18.6. The number of hydrogen-bond donors (Lipinski definition) is 2. The van der Waals surface area contributed by atoms with Crippen LogP contribution in [0.2, 0.25) is 0 Å². The van der Waals surface area contributed by atoms with Crippen LogP contribution in [0.5, 0.6) is 5.75 Å². The van der Waals surface area contributed by atoms with Crippen molar-refractivity contribution >= 4 is 23.2 Å². The van der Waals surface area contributed by atoms with E-state index >= 15 is 0 Å². The lowest BCUT2D eigenvalue weighted by Crippen LogP contribution is -2.30. The number of aryl methyl sites for hydroxylation is 1. The number of anilines is 2. The number of hydrogen-bond acceptors (Lipinski definition) is 3. The third-order valence-electron chi connectivity index (χ3n) is 4.22. The van der Waals surface area contributed by atoms with Crippen LogP contribution in [-0.4, -0.2) is 17.9 Å². The van der Waals surface area contributed by atoms with Crippen molar-refractivity contribution in [2.45, 2.75) is 20.0 Å². The summed E-state index contributed by atoms with van der Waals surface area (Å²) >= 11 is 0. The second-order valence-electron chi connectivity index (χ2n) is 6.60. The first-order valence-corrected chi connectivity index (χ1v) is 9.12. The van der Waals surface area contributed by atoms with Crippen LogP contribution in [0.15, 0.2) is 72.8 Å². The summed E-state index contributed by atoms with van der Waals surface area (Å²) in [5.41, 5.74) is 2.78. The lowest BCUT2D eigenvalue weighted by molar-refractivity contribution is -0.122. The molecule has 3 aromatic carbocycles. The largest absolute Gasteiger partial charge is 0.481 e. The summed E-state index contributed by atoms with van der Waals surface area (Å²) in [5, 5.41) is 5.48. The van der Waals surface area contributed by atoms with Crippen molar-refractivity contribution in [3.05, 3.63) is 89.7 Å². The van der Waals surface area contributed by atoms with Crippen molar-refractivity contribution in [1.29, 1.82) is 0 Å². The Morgan fingerprint density at radius 1 is 0.828 bits per heavy atom. The van der Waals surface area contributed by atoms with Gasteiger partial charge in [-0.15, -0.1) is 0 Å². The molecule has 1 atom stereocenters. The fraction of sp³-hybridized carbons (Fsp3) is 0.130. The summed E-state index contributed by atoms with van der Waals surface area (Å²) in [6.45, 7) is 3.59. The van der Waals surface area contributed by atoms with Crippen molar-refractivity contribution in [2.24, 2.45) is 0 Å². The van der Waals surface area contributed by atoms with Gasteiger partial charge in [-0.1, -0.05) is 17.7 Å². The second-order valence-corrected chi connectivity index (χ2v) is 6.60. The van der Waals surface area contributed by atoms with Gasteiger partial charge < -0.3 is 15.4 Å². The molecule has 6 heteroatoms. The molecule has 0 heterocycles. The van der Waals surface area contributed by atoms with Crippen molar-refractivity contribution in [3.63, 3.8) is 0 Å². The lowest BCUT2D eigenvalue weighted by Gasteiger charge is -2.15. The molecule has 0 bridgehead atoms. The highest BCUT2D eigenvalue weighted by Gasteiger charge is 2.15. The van der Waals surface area contributed by atoms with Crippen LogP contribution < -0.4 is 15.4 Å². The smallest absolute Gasteiger partial charge is 0.265 e. The molecule has 0 aliphatic rings. The Hall–Kier alpha value is -3.67. The van der Waals surface area contributed by atoms with E-state index in [1.54, 1.807) is 31.2 Å². The van der Waals surface area contributed by atoms with Crippen LogP contribution in [0.4, 0.5) is 15.8 Å². The van der Waals surface area contributed by atoms with Gasteiger partial charge in [0.2, 0.25) is 0 Å². The minimum Gasteiger partial charge on any atom is -0.481 e. The fourth-order valence-corrected chi connectivity index (χ4v) is 2.56. The quantitative estimate of drug-likeness (QED) is 0.634. The number of amides is 2. The van der Waals surface area contributed by atoms with Crippen LogP contribution in [0.25, 0.3) is 0 Å². The minimum atomic E-state index is -0.771. The Labute approximate surface area is 168 Å². The molecule has 2 amide bonds. The predicted molar refractivity (Wildman–Crippen MR) is 111 cm³/mol. The minimum absolute atomic E-state index is 0.234. The molecule has 29 heavy (non-hydrogen) atoms.